The molecule has 0 rings (SSSR count). The van der Waals surface area contributed by atoms with Gasteiger partial charge in [0.25, 0.3) is 0 Å². The van der Waals surface area contributed by atoms with Gasteiger partial charge in [-0.2, -0.15) is 0 Å². The quantitative estimate of drug-likeness (QED) is 0.463. The van der Waals surface area contributed by atoms with Gasteiger partial charge in [-0.05, 0) is 33.1 Å². The van der Waals surface area contributed by atoms with Crippen molar-refractivity contribution in [3.63, 3.8) is 0 Å². The van der Waals surface area contributed by atoms with Gasteiger partial charge in [-0.15, -0.1) is 0 Å². The topological polar surface area (TPSA) is 60.4 Å². The van der Waals surface area contributed by atoms with E-state index in [9.17, 15) is 0 Å². The van der Waals surface area contributed by atoms with Crippen molar-refractivity contribution in [1.29, 1.82) is 0 Å². The van der Waals surface area contributed by atoms with Gasteiger partial charge < -0.3 is 15.0 Å². The number of carbonyl (C=O) groups is 1. The van der Waals surface area contributed by atoms with Crippen LogP contribution in [-0.4, -0.2) is 17.7 Å². The van der Waals surface area contributed by atoms with Crippen LogP contribution in [0, 0.1) is 0 Å². The minimum absolute atomic E-state index is 0.366. The molecule has 0 amide bonds. The summed E-state index contributed by atoms with van der Waals surface area (Å²) in [5.41, 5.74) is 0. The molecule has 0 aliphatic heterocycles. The van der Waals surface area contributed by atoms with Gasteiger partial charge >= 0.3 is 0 Å². The highest BCUT2D eigenvalue weighted by molar-refractivity contribution is 5.60. The molecule has 0 heterocycles. The fourth-order valence-electron chi connectivity index (χ4n) is 1.78. The van der Waals surface area contributed by atoms with Gasteiger partial charge in [-0.25, -0.2) is 0 Å². The van der Waals surface area contributed by atoms with E-state index in [-0.39, 0.29) is 0 Å². The number of carboxylic acids is 1. The fourth-order valence-corrected chi connectivity index (χ4v) is 1.78. The maximum atomic E-state index is 8.89. The van der Waals surface area contributed by atoms with Crippen molar-refractivity contribution < 1.29 is 15.0 Å². The van der Waals surface area contributed by atoms with Gasteiger partial charge in [0.1, 0.15) is 0 Å². The molecule has 19 heavy (non-hydrogen) atoms. The highest BCUT2D eigenvalue weighted by atomic mass is 16.4. The number of rotatable bonds is 11. The first-order valence-electron chi connectivity index (χ1n) is 7.54. The first kappa shape index (κ1) is 20.5. The van der Waals surface area contributed by atoms with Crippen LogP contribution in [0.3, 0.4) is 0 Å². The minimum atomic E-state index is -1.08. The normalized spacial score (nSPS) is 10.3. The molecule has 0 radical (unpaired) electrons. The summed E-state index contributed by atoms with van der Waals surface area (Å²) in [6.45, 7) is 3.43. The van der Waals surface area contributed by atoms with Crippen LogP contribution in [0.2, 0.25) is 0 Å². The molecule has 0 saturated carbocycles. The first-order chi connectivity index (χ1) is 9.15. The van der Waals surface area contributed by atoms with Crippen molar-refractivity contribution in [3.05, 3.63) is 12.2 Å². The fraction of sp³-hybridized carbons (Fsp3) is 0.812. The van der Waals surface area contributed by atoms with Gasteiger partial charge in [-0.3, -0.25) is 0 Å². The monoisotopic (exact) mass is 271 g/mol. The summed E-state index contributed by atoms with van der Waals surface area (Å²) in [6, 6.07) is 0. The van der Waals surface area contributed by atoms with E-state index in [1.54, 1.807) is 0 Å². The molecule has 0 fully saturated rings. The average Bonchev–Trinajstić information content (AvgIpc) is 2.35. The SMILES string of the molecule is CC(=O)[O-].CC=CCCCCCCCCCCCO. The number of unbranched alkanes of at least 4 members (excludes halogenated alkanes) is 9. The van der Waals surface area contributed by atoms with Gasteiger partial charge in [0.15, 0.2) is 0 Å². The maximum Gasteiger partial charge on any atom is 0.0431 e. The number of carbonyl (C=O) groups excluding carboxylic acids is 1. The maximum absolute atomic E-state index is 8.89. The second-order valence-corrected chi connectivity index (χ2v) is 4.75. The Labute approximate surface area is 118 Å². The van der Waals surface area contributed by atoms with Gasteiger partial charge in [0.2, 0.25) is 0 Å². The number of allylic oxidation sites excluding steroid dienone is 2. The van der Waals surface area contributed by atoms with Crippen LogP contribution >= 0.6 is 0 Å². The highest BCUT2D eigenvalue weighted by Crippen LogP contribution is 2.10. The summed E-state index contributed by atoms with van der Waals surface area (Å²) < 4.78 is 0. The molecular weight excluding hydrogens is 240 g/mol. The third kappa shape index (κ3) is 31.7. The lowest BCUT2D eigenvalue weighted by Gasteiger charge is -2.00. The number of carboxylic acid groups (broad SMARTS) is 1. The van der Waals surface area contributed by atoms with E-state index in [1.807, 2.05) is 0 Å². The molecule has 0 bridgehead atoms. The molecule has 0 aliphatic rings. The Morgan fingerprint density at radius 3 is 1.68 bits per heavy atom. The number of hydrogen-bond acceptors (Lipinski definition) is 3. The number of hydrogen-bond donors (Lipinski definition) is 1. The predicted octanol–water partition coefficient (Wildman–Crippen LogP) is 3.21. The van der Waals surface area contributed by atoms with Crippen LogP contribution in [0.1, 0.15) is 78.1 Å². The van der Waals surface area contributed by atoms with Crippen LogP contribution in [0.25, 0.3) is 0 Å². The summed E-state index contributed by atoms with van der Waals surface area (Å²) in [6.07, 6.45) is 17.4. The third-order valence-electron chi connectivity index (χ3n) is 2.76. The van der Waals surface area contributed by atoms with Crippen molar-refractivity contribution in [2.75, 3.05) is 6.61 Å². The van der Waals surface area contributed by atoms with Crippen molar-refractivity contribution in [2.24, 2.45) is 0 Å². The van der Waals surface area contributed by atoms with Crippen LogP contribution in [0.5, 0.6) is 0 Å². The Morgan fingerprint density at radius 2 is 1.32 bits per heavy atom. The van der Waals surface area contributed by atoms with E-state index in [2.05, 4.69) is 19.1 Å². The Morgan fingerprint density at radius 1 is 0.947 bits per heavy atom. The zero-order valence-electron chi connectivity index (χ0n) is 12.7. The van der Waals surface area contributed by atoms with Crippen LogP contribution < -0.4 is 5.11 Å². The Hall–Kier alpha value is -0.830. The lowest BCUT2D eigenvalue weighted by atomic mass is 10.1. The predicted molar refractivity (Wildman–Crippen MR) is 78.8 cm³/mol. The molecule has 0 aliphatic carbocycles. The molecule has 0 spiro atoms. The molecule has 114 valence electrons. The first-order valence-corrected chi connectivity index (χ1v) is 7.54. The van der Waals surface area contributed by atoms with Crippen molar-refractivity contribution >= 4 is 5.97 Å². The van der Waals surface area contributed by atoms with Crippen molar-refractivity contribution in [2.45, 2.75) is 78.1 Å². The standard InChI is InChI=1S/C14H28O.C2H4O2/c1-2-3-4-5-6-7-8-9-10-11-12-13-14-15;1-2(3)4/h2-3,15H,4-14H2,1H3;1H3,(H,3,4)/p-1. The molecule has 3 nitrogen and oxygen atoms in total. The lowest BCUT2D eigenvalue weighted by molar-refractivity contribution is -0.302. The number of aliphatic hydroxyl groups is 1. The molecule has 1 N–H and O–H groups in total. The van der Waals surface area contributed by atoms with Gasteiger partial charge in [0, 0.05) is 12.6 Å². The van der Waals surface area contributed by atoms with Gasteiger partial charge in [-0.1, -0.05) is 57.1 Å². The molecule has 3 heteroatoms. The second-order valence-electron chi connectivity index (χ2n) is 4.75. The van der Waals surface area contributed by atoms with Gasteiger partial charge in [0.05, 0.1) is 0 Å². The molecule has 0 aromatic heterocycles. The number of aliphatic hydroxyl groups excluding tert-OH is 1. The Bertz CT molecular complexity index is 196. The largest absolute Gasteiger partial charge is 0.550 e. The van der Waals surface area contributed by atoms with E-state index in [0.717, 1.165) is 13.3 Å². The molecule has 0 aromatic rings. The second kappa shape index (κ2) is 19.5. The van der Waals surface area contributed by atoms with E-state index in [0.29, 0.717) is 6.61 Å². The van der Waals surface area contributed by atoms with Crippen molar-refractivity contribution in [3.8, 4) is 0 Å². The Balaban J connectivity index is 0. The van der Waals surface area contributed by atoms with E-state index < -0.39 is 5.97 Å². The third-order valence-corrected chi connectivity index (χ3v) is 2.76. The Kier molecular flexibility index (Phi) is 21.0. The van der Waals surface area contributed by atoms with E-state index >= 15 is 0 Å². The molecule has 0 aromatic carbocycles. The summed E-state index contributed by atoms with van der Waals surface area (Å²) in [7, 11) is 0. The summed E-state index contributed by atoms with van der Waals surface area (Å²) in [4.78, 5) is 8.89. The van der Waals surface area contributed by atoms with Crippen LogP contribution in [0.15, 0.2) is 12.2 Å². The van der Waals surface area contributed by atoms with E-state index in [1.165, 1.54) is 57.8 Å². The summed E-state index contributed by atoms with van der Waals surface area (Å²) in [5, 5.41) is 17.5. The van der Waals surface area contributed by atoms with Crippen molar-refractivity contribution in [1.82, 2.24) is 0 Å². The molecule has 0 atom stereocenters. The average molecular weight is 271 g/mol. The number of aliphatic carboxylic acids is 1. The zero-order chi connectivity index (χ0) is 14.8. The summed E-state index contributed by atoms with van der Waals surface area (Å²) in [5.74, 6) is -1.08. The minimum Gasteiger partial charge on any atom is -0.550 e. The smallest absolute Gasteiger partial charge is 0.0431 e. The highest BCUT2D eigenvalue weighted by Gasteiger charge is 1.91. The van der Waals surface area contributed by atoms with Crippen LogP contribution in [0.4, 0.5) is 0 Å². The molecule has 0 saturated heterocycles. The van der Waals surface area contributed by atoms with E-state index in [4.69, 9.17) is 15.0 Å². The summed E-state index contributed by atoms with van der Waals surface area (Å²) >= 11 is 0. The lowest BCUT2D eigenvalue weighted by Crippen LogP contribution is -2.16. The molecular formula is C16H31O3-. The zero-order valence-corrected chi connectivity index (χ0v) is 12.7. The molecule has 0 unspecified atom stereocenters. The van der Waals surface area contributed by atoms with Crippen LogP contribution in [-0.2, 0) is 4.79 Å².